The molecule has 0 heterocycles. The van der Waals surface area contributed by atoms with Gasteiger partial charge in [0.1, 0.15) is 5.75 Å². The van der Waals surface area contributed by atoms with Crippen molar-refractivity contribution in [2.75, 3.05) is 18.5 Å². The Morgan fingerprint density at radius 2 is 1.96 bits per heavy atom. The second-order valence-electron chi connectivity index (χ2n) is 5.16. The fourth-order valence-electron chi connectivity index (χ4n) is 2.07. The van der Waals surface area contributed by atoms with Gasteiger partial charge in [-0.1, -0.05) is 11.6 Å². The average molecular weight is 427 g/mol. The van der Waals surface area contributed by atoms with Crippen LogP contribution in [0.15, 0.2) is 40.9 Å². The van der Waals surface area contributed by atoms with E-state index in [1.54, 1.807) is 50.2 Å². The van der Waals surface area contributed by atoms with E-state index >= 15 is 0 Å². The molecule has 5 nitrogen and oxygen atoms in total. The lowest BCUT2D eigenvalue weighted by Crippen LogP contribution is -2.21. The number of hydrogen-bond acceptors (Lipinski definition) is 4. The van der Waals surface area contributed by atoms with Gasteiger partial charge < -0.3 is 14.8 Å². The number of carbonyl (C=O) groups excluding carboxylic acids is 2. The quantitative estimate of drug-likeness (QED) is 0.685. The summed E-state index contributed by atoms with van der Waals surface area (Å²) in [7, 11) is 0. The van der Waals surface area contributed by atoms with E-state index in [1.165, 1.54) is 0 Å². The van der Waals surface area contributed by atoms with Crippen LogP contribution in [0.3, 0.4) is 0 Å². The van der Waals surface area contributed by atoms with Crippen LogP contribution in [0.25, 0.3) is 0 Å². The Morgan fingerprint density at radius 1 is 1.20 bits per heavy atom. The van der Waals surface area contributed by atoms with E-state index in [0.29, 0.717) is 33.1 Å². The molecule has 2 aromatic carbocycles. The van der Waals surface area contributed by atoms with Gasteiger partial charge in [0.25, 0.3) is 5.91 Å². The van der Waals surface area contributed by atoms with Crippen LogP contribution in [0.1, 0.15) is 22.8 Å². The number of carbonyl (C=O) groups is 2. The van der Waals surface area contributed by atoms with Crippen LogP contribution in [0.2, 0.25) is 5.02 Å². The molecule has 0 aromatic heterocycles. The van der Waals surface area contributed by atoms with Crippen molar-refractivity contribution in [3.8, 4) is 5.75 Å². The molecule has 1 amide bonds. The van der Waals surface area contributed by atoms with Crippen molar-refractivity contribution in [2.45, 2.75) is 13.8 Å². The van der Waals surface area contributed by atoms with Gasteiger partial charge in [-0.05, 0) is 71.7 Å². The predicted molar refractivity (Wildman–Crippen MR) is 100 cm³/mol. The minimum Gasteiger partial charge on any atom is -0.483 e. The van der Waals surface area contributed by atoms with Crippen molar-refractivity contribution < 1.29 is 19.1 Å². The van der Waals surface area contributed by atoms with Crippen molar-refractivity contribution in [1.29, 1.82) is 0 Å². The molecule has 7 heteroatoms. The Kier molecular flexibility index (Phi) is 6.84. The maximum atomic E-state index is 12.1. The van der Waals surface area contributed by atoms with E-state index in [4.69, 9.17) is 21.1 Å². The van der Waals surface area contributed by atoms with Crippen molar-refractivity contribution >= 4 is 45.1 Å². The zero-order valence-electron chi connectivity index (χ0n) is 13.8. The lowest BCUT2D eigenvalue weighted by atomic mass is 10.1. The number of halogens is 2. The third kappa shape index (κ3) is 5.47. The standard InChI is InChI=1S/C18H17BrClNO4/c1-3-24-18(23)12-4-6-15(11(2)8-12)21-17(22)10-25-16-7-5-13(20)9-14(16)19/h4-9H,3,10H2,1-2H3,(H,21,22). The van der Waals surface area contributed by atoms with E-state index in [0.717, 1.165) is 5.56 Å². The summed E-state index contributed by atoms with van der Waals surface area (Å²) < 4.78 is 11.1. The van der Waals surface area contributed by atoms with E-state index < -0.39 is 0 Å². The number of ether oxygens (including phenoxy) is 2. The number of aryl methyl sites for hydroxylation is 1. The number of amides is 1. The Labute approximate surface area is 159 Å². The molecule has 0 aliphatic carbocycles. The van der Waals surface area contributed by atoms with Crippen molar-refractivity contribution in [1.82, 2.24) is 0 Å². The van der Waals surface area contributed by atoms with E-state index in [-0.39, 0.29) is 18.5 Å². The smallest absolute Gasteiger partial charge is 0.338 e. The lowest BCUT2D eigenvalue weighted by Gasteiger charge is -2.11. The summed E-state index contributed by atoms with van der Waals surface area (Å²) in [5.41, 5.74) is 1.81. The molecular weight excluding hydrogens is 410 g/mol. The molecule has 0 bridgehead atoms. The molecule has 0 fully saturated rings. The molecule has 2 aromatic rings. The van der Waals surface area contributed by atoms with Crippen LogP contribution in [-0.2, 0) is 9.53 Å². The largest absolute Gasteiger partial charge is 0.483 e. The third-order valence-electron chi connectivity index (χ3n) is 3.26. The van der Waals surface area contributed by atoms with Crippen LogP contribution in [0, 0.1) is 6.92 Å². The molecule has 0 aliphatic rings. The van der Waals surface area contributed by atoms with Gasteiger partial charge in [-0.15, -0.1) is 0 Å². The maximum Gasteiger partial charge on any atom is 0.338 e. The van der Waals surface area contributed by atoms with E-state index in [9.17, 15) is 9.59 Å². The summed E-state index contributed by atoms with van der Waals surface area (Å²) in [6.07, 6.45) is 0. The Morgan fingerprint density at radius 3 is 2.60 bits per heavy atom. The predicted octanol–water partition coefficient (Wildman–Crippen LogP) is 4.61. The van der Waals surface area contributed by atoms with Crippen LogP contribution in [-0.4, -0.2) is 25.1 Å². The first-order valence-corrected chi connectivity index (χ1v) is 8.73. The first kappa shape index (κ1) is 19.3. The van der Waals surface area contributed by atoms with Gasteiger partial charge in [0.05, 0.1) is 16.6 Å². The summed E-state index contributed by atoms with van der Waals surface area (Å²) in [4.78, 5) is 23.8. The van der Waals surface area contributed by atoms with Crippen LogP contribution < -0.4 is 10.1 Å². The topological polar surface area (TPSA) is 64.6 Å². The molecule has 0 spiro atoms. The average Bonchev–Trinajstić information content (AvgIpc) is 2.56. The normalized spacial score (nSPS) is 10.2. The summed E-state index contributed by atoms with van der Waals surface area (Å²) in [6.45, 7) is 3.71. The van der Waals surface area contributed by atoms with Gasteiger partial charge in [-0.3, -0.25) is 4.79 Å². The first-order valence-electron chi connectivity index (χ1n) is 7.56. The Bertz CT molecular complexity index is 795. The highest BCUT2D eigenvalue weighted by Crippen LogP contribution is 2.28. The van der Waals surface area contributed by atoms with Crippen molar-refractivity contribution in [2.24, 2.45) is 0 Å². The van der Waals surface area contributed by atoms with E-state index in [2.05, 4.69) is 21.2 Å². The third-order valence-corrected chi connectivity index (χ3v) is 4.12. The fraction of sp³-hybridized carbons (Fsp3) is 0.222. The van der Waals surface area contributed by atoms with Gasteiger partial charge in [0.15, 0.2) is 6.61 Å². The maximum absolute atomic E-state index is 12.1. The number of anilines is 1. The molecule has 0 saturated heterocycles. The number of nitrogens with one attached hydrogen (secondary N) is 1. The molecule has 132 valence electrons. The zero-order valence-corrected chi connectivity index (χ0v) is 16.1. The highest BCUT2D eigenvalue weighted by molar-refractivity contribution is 9.10. The van der Waals surface area contributed by atoms with Crippen LogP contribution in [0.4, 0.5) is 5.69 Å². The van der Waals surface area contributed by atoms with Crippen molar-refractivity contribution in [3.63, 3.8) is 0 Å². The number of esters is 1. The first-order chi connectivity index (χ1) is 11.9. The van der Waals surface area contributed by atoms with Gasteiger partial charge in [-0.25, -0.2) is 4.79 Å². The molecule has 0 unspecified atom stereocenters. The van der Waals surface area contributed by atoms with Gasteiger partial charge in [0, 0.05) is 10.7 Å². The minimum absolute atomic E-state index is 0.153. The molecule has 2 rings (SSSR count). The summed E-state index contributed by atoms with van der Waals surface area (Å²) in [5.74, 6) is -0.179. The molecule has 0 aliphatic heterocycles. The number of benzene rings is 2. The molecule has 0 atom stereocenters. The molecule has 0 radical (unpaired) electrons. The SMILES string of the molecule is CCOC(=O)c1ccc(NC(=O)COc2ccc(Cl)cc2Br)c(C)c1. The Balaban J connectivity index is 1.97. The van der Waals surface area contributed by atoms with Crippen LogP contribution in [0.5, 0.6) is 5.75 Å². The molecule has 0 saturated carbocycles. The second kappa shape index (κ2) is 8.87. The minimum atomic E-state index is -0.389. The summed E-state index contributed by atoms with van der Waals surface area (Å²) in [5, 5.41) is 3.32. The van der Waals surface area contributed by atoms with Gasteiger partial charge in [-0.2, -0.15) is 0 Å². The van der Waals surface area contributed by atoms with Crippen molar-refractivity contribution in [3.05, 3.63) is 57.0 Å². The molecular formula is C18H17BrClNO4. The second-order valence-corrected chi connectivity index (χ2v) is 6.45. The molecule has 25 heavy (non-hydrogen) atoms. The van der Waals surface area contributed by atoms with E-state index in [1.807, 2.05) is 0 Å². The molecule has 1 N–H and O–H groups in total. The number of rotatable bonds is 6. The van der Waals surface area contributed by atoms with Crippen LogP contribution >= 0.6 is 27.5 Å². The number of hydrogen-bond donors (Lipinski definition) is 1. The van der Waals surface area contributed by atoms with Gasteiger partial charge >= 0.3 is 5.97 Å². The fourth-order valence-corrected chi connectivity index (χ4v) is 2.86. The zero-order chi connectivity index (χ0) is 18.4. The monoisotopic (exact) mass is 425 g/mol. The lowest BCUT2D eigenvalue weighted by molar-refractivity contribution is -0.118. The highest BCUT2D eigenvalue weighted by Gasteiger charge is 2.11. The summed E-state index contributed by atoms with van der Waals surface area (Å²) in [6, 6.07) is 9.99. The van der Waals surface area contributed by atoms with Gasteiger partial charge in [0.2, 0.25) is 0 Å². The highest BCUT2D eigenvalue weighted by atomic mass is 79.9. The summed E-state index contributed by atoms with van der Waals surface area (Å²) >= 11 is 9.19. The Hall–Kier alpha value is -2.05.